The molecule has 1 aromatic carbocycles. The van der Waals surface area contributed by atoms with E-state index < -0.39 is 0 Å². The molecule has 0 aromatic heterocycles. The Morgan fingerprint density at radius 3 is 2.43 bits per heavy atom. The molecule has 1 saturated carbocycles. The Morgan fingerprint density at radius 2 is 1.86 bits per heavy atom. The van der Waals surface area contributed by atoms with E-state index in [1.165, 1.54) is 18.4 Å². The van der Waals surface area contributed by atoms with Gasteiger partial charge in [-0.3, -0.25) is 0 Å². The lowest BCUT2D eigenvalue weighted by atomic mass is 10.0. The molecular weight excluding hydrogens is 266 g/mol. The predicted molar refractivity (Wildman–Crippen MR) is 84.1 cm³/mol. The van der Waals surface area contributed by atoms with Crippen LogP contribution in [-0.2, 0) is 4.74 Å². The lowest BCUT2D eigenvalue weighted by molar-refractivity contribution is 0.170. The number of hydrogen-bond acceptors (Lipinski definition) is 4. The molecule has 1 aliphatic carbocycles. The molecule has 0 heterocycles. The van der Waals surface area contributed by atoms with Crippen molar-refractivity contribution in [3.63, 3.8) is 0 Å². The number of benzene rings is 1. The first-order valence-corrected chi connectivity index (χ1v) is 7.58. The maximum atomic E-state index is 5.37. The van der Waals surface area contributed by atoms with E-state index in [-0.39, 0.29) is 0 Å². The summed E-state index contributed by atoms with van der Waals surface area (Å²) >= 11 is 0. The van der Waals surface area contributed by atoms with Gasteiger partial charge in [-0.2, -0.15) is 0 Å². The molecule has 0 radical (unpaired) electrons. The average Bonchev–Trinajstić information content (AvgIpc) is 3.30. The highest BCUT2D eigenvalue weighted by Crippen LogP contribution is 2.48. The Labute approximate surface area is 127 Å². The minimum atomic E-state index is 0.296. The predicted octanol–water partition coefficient (Wildman–Crippen LogP) is 3.17. The molecule has 0 amide bonds. The van der Waals surface area contributed by atoms with E-state index in [0.29, 0.717) is 11.5 Å². The number of nitrogens with one attached hydrogen (secondary N) is 1. The molecule has 118 valence electrons. The molecule has 0 saturated heterocycles. The second kappa shape index (κ2) is 7.14. The fraction of sp³-hybridized carbons (Fsp3) is 0.647. The number of methoxy groups -OCH3 is 3. The first kappa shape index (κ1) is 16.1. The average molecular weight is 293 g/mol. The molecule has 1 atom stereocenters. The van der Waals surface area contributed by atoms with Crippen molar-refractivity contribution >= 4 is 0 Å². The van der Waals surface area contributed by atoms with E-state index in [2.05, 4.69) is 18.3 Å². The summed E-state index contributed by atoms with van der Waals surface area (Å²) in [4.78, 5) is 0. The molecule has 0 aliphatic heterocycles. The van der Waals surface area contributed by atoms with Gasteiger partial charge >= 0.3 is 0 Å². The molecule has 1 aliphatic rings. The number of ether oxygens (including phenoxy) is 3. The van der Waals surface area contributed by atoms with Crippen molar-refractivity contribution in [2.75, 3.05) is 34.5 Å². The van der Waals surface area contributed by atoms with Crippen LogP contribution < -0.4 is 14.8 Å². The van der Waals surface area contributed by atoms with Gasteiger partial charge in [-0.25, -0.2) is 0 Å². The third kappa shape index (κ3) is 4.11. The van der Waals surface area contributed by atoms with Crippen LogP contribution in [0.25, 0.3) is 0 Å². The third-order valence-electron chi connectivity index (χ3n) is 4.48. The van der Waals surface area contributed by atoms with Crippen molar-refractivity contribution in [1.82, 2.24) is 5.32 Å². The normalized spacial score (nSPS) is 17.3. The molecule has 1 fully saturated rings. The highest BCUT2D eigenvalue weighted by molar-refractivity contribution is 5.43. The van der Waals surface area contributed by atoms with Crippen LogP contribution in [0.4, 0.5) is 0 Å². The first-order chi connectivity index (χ1) is 10.1. The SMILES string of the molecule is COCCC1(CNC(C)c2ccc(OC)c(OC)c2)CC1. The van der Waals surface area contributed by atoms with Gasteiger partial charge in [0.25, 0.3) is 0 Å². The van der Waals surface area contributed by atoms with Gasteiger partial charge in [0, 0.05) is 26.3 Å². The zero-order valence-electron chi connectivity index (χ0n) is 13.6. The second-order valence-electron chi connectivity index (χ2n) is 5.96. The Bertz CT molecular complexity index is 457. The lowest BCUT2D eigenvalue weighted by Gasteiger charge is -2.21. The van der Waals surface area contributed by atoms with E-state index in [4.69, 9.17) is 14.2 Å². The third-order valence-corrected chi connectivity index (χ3v) is 4.48. The van der Waals surface area contributed by atoms with E-state index in [0.717, 1.165) is 31.1 Å². The van der Waals surface area contributed by atoms with Gasteiger partial charge in [-0.05, 0) is 49.3 Å². The molecule has 2 rings (SSSR count). The summed E-state index contributed by atoms with van der Waals surface area (Å²) in [5.41, 5.74) is 1.68. The van der Waals surface area contributed by atoms with Gasteiger partial charge in [0.1, 0.15) is 0 Å². The highest BCUT2D eigenvalue weighted by Gasteiger charge is 2.41. The molecule has 21 heavy (non-hydrogen) atoms. The number of rotatable bonds is 9. The van der Waals surface area contributed by atoms with Crippen molar-refractivity contribution in [3.8, 4) is 11.5 Å². The maximum absolute atomic E-state index is 5.37. The van der Waals surface area contributed by atoms with E-state index in [1.54, 1.807) is 21.3 Å². The minimum absolute atomic E-state index is 0.296. The summed E-state index contributed by atoms with van der Waals surface area (Å²) in [5, 5.41) is 3.65. The summed E-state index contributed by atoms with van der Waals surface area (Å²) in [5.74, 6) is 1.55. The zero-order chi connectivity index (χ0) is 15.3. The minimum Gasteiger partial charge on any atom is -0.493 e. The van der Waals surface area contributed by atoms with E-state index >= 15 is 0 Å². The smallest absolute Gasteiger partial charge is 0.161 e. The summed E-state index contributed by atoms with van der Waals surface area (Å²) in [6.07, 6.45) is 3.76. The van der Waals surface area contributed by atoms with Crippen LogP contribution in [0.3, 0.4) is 0 Å². The molecule has 0 spiro atoms. The van der Waals surface area contributed by atoms with E-state index in [1.807, 2.05) is 12.1 Å². The van der Waals surface area contributed by atoms with Crippen molar-refractivity contribution in [2.24, 2.45) is 5.41 Å². The van der Waals surface area contributed by atoms with Crippen LogP contribution in [0.5, 0.6) is 11.5 Å². The molecule has 1 aromatic rings. The Hall–Kier alpha value is -1.26. The standard InChI is InChI=1S/C17H27NO3/c1-13(18-12-17(7-8-17)9-10-19-2)14-5-6-15(20-3)16(11-14)21-4/h5-6,11,13,18H,7-10,12H2,1-4H3. The molecule has 0 bridgehead atoms. The molecule has 4 nitrogen and oxygen atoms in total. The number of hydrogen-bond donors (Lipinski definition) is 1. The van der Waals surface area contributed by atoms with Gasteiger partial charge in [-0.15, -0.1) is 0 Å². The fourth-order valence-corrected chi connectivity index (χ4v) is 2.62. The van der Waals surface area contributed by atoms with Crippen LogP contribution >= 0.6 is 0 Å². The highest BCUT2D eigenvalue weighted by atomic mass is 16.5. The van der Waals surface area contributed by atoms with Crippen LogP contribution in [0.15, 0.2) is 18.2 Å². The Morgan fingerprint density at radius 1 is 1.14 bits per heavy atom. The molecule has 1 unspecified atom stereocenters. The maximum Gasteiger partial charge on any atom is 0.161 e. The summed E-state index contributed by atoms with van der Waals surface area (Å²) in [6, 6.07) is 6.40. The van der Waals surface area contributed by atoms with Crippen molar-refractivity contribution < 1.29 is 14.2 Å². The van der Waals surface area contributed by atoms with Crippen LogP contribution in [-0.4, -0.2) is 34.5 Å². The monoisotopic (exact) mass is 293 g/mol. The Balaban J connectivity index is 1.93. The van der Waals surface area contributed by atoms with Crippen molar-refractivity contribution in [1.29, 1.82) is 0 Å². The topological polar surface area (TPSA) is 39.7 Å². The molecule has 1 N–H and O–H groups in total. The lowest BCUT2D eigenvalue weighted by Crippen LogP contribution is -2.27. The molecular formula is C17H27NO3. The van der Waals surface area contributed by atoms with Gasteiger partial charge in [-0.1, -0.05) is 6.07 Å². The van der Waals surface area contributed by atoms with Crippen LogP contribution in [0.1, 0.15) is 37.8 Å². The largest absolute Gasteiger partial charge is 0.493 e. The van der Waals surface area contributed by atoms with Gasteiger partial charge in [0.05, 0.1) is 14.2 Å². The van der Waals surface area contributed by atoms with Gasteiger partial charge in [0.2, 0.25) is 0 Å². The fourth-order valence-electron chi connectivity index (χ4n) is 2.62. The van der Waals surface area contributed by atoms with Crippen molar-refractivity contribution in [3.05, 3.63) is 23.8 Å². The molecule has 4 heteroatoms. The van der Waals surface area contributed by atoms with Crippen LogP contribution in [0, 0.1) is 5.41 Å². The summed E-state index contributed by atoms with van der Waals surface area (Å²) in [7, 11) is 5.10. The Kier molecular flexibility index (Phi) is 5.48. The van der Waals surface area contributed by atoms with E-state index in [9.17, 15) is 0 Å². The van der Waals surface area contributed by atoms with Gasteiger partial charge < -0.3 is 19.5 Å². The summed E-state index contributed by atoms with van der Waals surface area (Å²) < 4.78 is 15.9. The van der Waals surface area contributed by atoms with Gasteiger partial charge in [0.15, 0.2) is 11.5 Å². The van der Waals surface area contributed by atoms with Crippen LogP contribution in [0.2, 0.25) is 0 Å². The second-order valence-corrected chi connectivity index (χ2v) is 5.96. The summed E-state index contributed by atoms with van der Waals surface area (Å²) in [6.45, 7) is 4.09. The quantitative estimate of drug-likeness (QED) is 0.759. The zero-order valence-corrected chi connectivity index (χ0v) is 13.6. The first-order valence-electron chi connectivity index (χ1n) is 7.58. The van der Waals surface area contributed by atoms with Crippen molar-refractivity contribution in [2.45, 2.75) is 32.2 Å².